The molecule has 274 valence electrons. The van der Waals surface area contributed by atoms with Crippen molar-refractivity contribution in [1.29, 1.82) is 0 Å². The standard InChI is InChI=1S/C37H42N6O8S/c1-23-21-24(2)39-33-27(23)7-5-9-31(33)51-22-28-30(49-3)14-15-32(34(28)50-4)52(47,48)43-16-6-8-29(43)37(45)42-19-17-41(18-20-42)36(44)26-12-10-25(11-13-26)35(38)40-46/h5,7,9-15,21,29,46H,6,8,16-20,22H2,1-4H3,(H2,38,40). The minimum Gasteiger partial charge on any atom is -0.496 e. The molecule has 3 heterocycles. The van der Waals surface area contributed by atoms with Crippen LogP contribution in [-0.2, 0) is 21.4 Å². The van der Waals surface area contributed by atoms with E-state index in [2.05, 4.69) is 10.1 Å². The summed E-state index contributed by atoms with van der Waals surface area (Å²) in [4.78, 5) is 34.9. The molecule has 1 aromatic heterocycles. The van der Waals surface area contributed by atoms with E-state index in [0.29, 0.717) is 46.5 Å². The molecule has 14 nitrogen and oxygen atoms in total. The maximum atomic E-state index is 14.4. The molecule has 0 aliphatic carbocycles. The van der Waals surface area contributed by atoms with Gasteiger partial charge in [-0.25, -0.2) is 13.4 Å². The van der Waals surface area contributed by atoms with Crippen molar-refractivity contribution in [1.82, 2.24) is 19.1 Å². The second kappa shape index (κ2) is 15.1. The van der Waals surface area contributed by atoms with Gasteiger partial charge < -0.3 is 35.0 Å². The maximum Gasteiger partial charge on any atom is 0.253 e. The Bertz CT molecular complexity index is 2130. The number of nitrogens with two attached hydrogens (primary N) is 1. The summed E-state index contributed by atoms with van der Waals surface area (Å²) in [6.07, 6.45) is 0.877. The highest BCUT2D eigenvalue weighted by Crippen LogP contribution is 2.39. The highest BCUT2D eigenvalue weighted by Gasteiger charge is 2.43. The topological polar surface area (TPSA) is 177 Å². The first kappa shape index (κ1) is 36.4. The lowest BCUT2D eigenvalue weighted by atomic mass is 10.1. The molecule has 2 fully saturated rings. The molecule has 52 heavy (non-hydrogen) atoms. The number of benzene rings is 3. The number of fused-ring (bicyclic) bond motifs is 1. The summed E-state index contributed by atoms with van der Waals surface area (Å²) < 4.78 is 47.6. The number of carbonyl (C=O) groups is 2. The number of carbonyl (C=O) groups excluding carboxylic acids is 2. The number of para-hydroxylation sites is 1. The van der Waals surface area contributed by atoms with Crippen LogP contribution in [0.1, 0.15) is 45.6 Å². The molecular weight excluding hydrogens is 689 g/mol. The molecule has 2 aliphatic rings. The Hall–Kier alpha value is -5.41. The van der Waals surface area contributed by atoms with Gasteiger partial charge in [0.1, 0.15) is 40.3 Å². The number of ether oxygens (including phenoxy) is 3. The van der Waals surface area contributed by atoms with Crippen molar-refractivity contribution < 1.29 is 37.4 Å². The summed E-state index contributed by atoms with van der Waals surface area (Å²) in [5.74, 6) is 0.415. The monoisotopic (exact) mass is 730 g/mol. The summed E-state index contributed by atoms with van der Waals surface area (Å²) in [5, 5.41) is 12.8. The Balaban J connectivity index is 1.19. The van der Waals surface area contributed by atoms with E-state index in [4.69, 9.17) is 25.2 Å². The molecule has 15 heteroatoms. The molecule has 0 spiro atoms. The third kappa shape index (κ3) is 6.93. The summed E-state index contributed by atoms with van der Waals surface area (Å²) in [5.41, 5.74) is 9.53. The Kier molecular flexibility index (Phi) is 10.5. The van der Waals surface area contributed by atoms with Gasteiger partial charge in [-0.15, -0.1) is 0 Å². The van der Waals surface area contributed by atoms with Crippen molar-refractivity contribution in [2.75, 3.05) is 46.9 Å². The number of hydrogen-bond donors (Lipinski definition) is 2. The highest BCUT2D eigenvalue weighted by atomic mass is 32.2. The zero-order valence-electron chi connectivity index (χ0n) is 29.5. The number of methoxy groups -OCH3 is 2. The van der Waals surface area contributed by atoms with E-state index < -0.39 is 16.1 Å². The maximum absolute atomic E-state index is 14.4. The molecular formula is C37H42N6O8S. The molecule has 4 aromatic rings. The molecule has 1 unspecified atom stereocenters. The van der Waals surface area contributed by atoms with Gasteiger partial charge in [-0.1, -0.05) is 29.4 Å². The van der Waals surface area contributed by atoms with Gasteiger partial charge in [0.15, 0.2) is 5.84 Å². The first-order valence-electron chi connectivity index (χ1n) is 16.9. The lowest BCUT2D eigenvalue weighted by molar-refractivity contribution is -0.136. The van der Waals surface area contributed by atoms with Crippen LogP contribution in [-0.4, -0.2) is 103 Å². The molecule has 2 saturated heterocycles. The number of piperazine rings is 1. The van der Waals surface area contributed by atoms with E-state index in [9.17, 15) is 18.0 Å². The largest absolute Gasteiger partial charge is 0.496 e. The SMILES string of the molecule is COc1ccc(S(=O)(=O)N2CCCC2C(=O)N2CCN(C(=O)c3ccc(/C(N)=N\O)cc3)CC2)c(OC)c1COc1cccc2c(C)cc(C)nc12. The van der Waals surface area contributed by atoms with Crippen LogP contribution in [0.5, 0.6) is 17.2 Å². The Morgan fingerprint density at radius 3 is 2.29 bits per heavy atom. The normalized spacial score (nSPS) is 17.0. The van der Waals surface area contributed by atoms with Crippen LogP contribution in [0.3, 0.4) is 0 Å². The third-order valence-electron chi connectivity index (χ3n) is 9.60. The van der Waals surface area contributed by atoms with E-state index in [0.717, 1.165) is 16.6 Å². The Morgan fingerprint density at radius 2 is 1.62 bits per heavy atom. The summed E-state index contributed by atoms with van der Waals surface area (Å²) in [6.45, 7) is 5.11. The predicted octanol–water partition coefficient (Wildman–Crippen LogP) is 3.68. The summed E-state index contributed by atoms with van der Waals surface area (Å²) in [6, 6.07) is 16.1. The van der Waals surface area contributed by atoms with Crippen molar-refractivity contribution in [3.8, 4) is 17.2 Å². The molecule has 2 aliphatic heterocycles. The predicted molar refractivity (Wildman–Crippen MR) is 193 cm³/mol. The van der Waals surface area contributed by atoms with E-state index >= 15 is 0 Å². The Labute approximate surface area is 302 Å². The van der Waals surface area contributed by atoms with Crippen molar-refractivity contribution in [2.45, 2.75) is 44.2 Å². The number of aromatic nitrogens is 1. The van der Waals surface area contributed by atoms with Crippen LogP contribution >= 0.6 is 0 Å². The average Bonchev–Trinajstić information content (AvgIpc) is 3.67. The molecule has 2 amide bonds. The van der Waals surface area contributed by atoms with Crippen molar-refractivity contribution >= 4 is 38.6 Å². The highest BCUT2D eigenvalue weighted by molar-refractivity contribution is 7.89. The second-order valence-electron chi connectivity index (χ2n) is 12.8. The number of amidine groups is 1. The third-order valence-corrected chi connectivity index (χ3v) is 11.5. The molecule has 3 aromatic carbocycles. The van der Waals surface area contributed by atoms with Crippen LogP contribution in [0.15, 0.2) is 70.7 Å². The van der Waals surface area contributed by atoms with Gasteiger partial charge in [-0.05, 0) is 68.7 Å². The number of rotatable bonds is 10. The van der Waals surface area contributed by atoms with Gasteiger partial charge in [0.25, 0.3) is 5.91 Å². The van der Waals surface area contributed by atoms with E-state index in [-0.39, 0.29) is 67.6 Å². The minimum atomic E-state index is -4.22. The zero-order valence-corrected chi connectivity index (χ0v) is 30.4. The number of sulfonamides is 1. The van der Waals surface area contributed by atoms with Crippen molar-refractivity contribution in [3.63, 3.8) is 0 Å². The lowest BCUT2D eigenvalue weighted by Crippen LogP contribution is -2.55. The van der Waals surface area contributed by atoms with Gasteiger partial charge in [-0.3, -0.25) is 9.59 Å². The van der Waals surface area contributed by atoms with Crippen LogP contribution in [0, 0.1) is 13.8 Å². The average molecular weight is 731 g/mol. The van der Waals surface area contributed by atoms with Crippen LogP contribution in [0.4, 0.5) is 0 Å². The molecule has 0 radical (unpaired) electrons. The van der Waals surface area contributed by atoms with Gasteiger partial charge in [-0.2, -0.15) is 4.31 Å². The van der Waals surface area contributed by atoms with E-state index in [1.165, 1.54) is 24.6 Å². The van der Waals surface area contributed by atoms with Gasteiger partial charge in [0.05, 0.1) is 19.8 Å². The van der Waals surface area contributed by atoms with Gasteiger partial charge in [0, 0.05) is 54.9 Å². The van der Waals surface area contributed by atoms with E-state index in [1.54, 1.807) is 40.1 Å². The first-order valence-corrected chi connectivity index (χ1v) is 18.3. The molecule has 0 saturated carbocycles. The zero-order chi connectivity index (χ0) is 37.2. The van der Waals surface area contributed by atoms with E-state index in [1.807, 2.05) is 38.1 Å². The fourth-order valence-electron chi connectivity index (χ4n) is 6.93. The quantitative estimate of drug-likeness (QED) is 0.106. The lowest BCUT2D eigenvalue weighted by Gasteiger charge is -2.37. The second-order valence-corrected chi connectivity index (χ2v) is 14.6. The first-order chi connectivity index (χ1) is 25.0. The van der Waals surface area contributed by atoms with Gasteiger partial charge >= 0.3 is 0 Å². The molecule has 3 N–H and O–H groups in total. The number of pyridine rings is 1. The van der Waals surface area contributed by atoms with Crippen molar-refractivity contribution in [2.24, 2.45) is 10.9 Å². The number of oxime groups is 1. The summed E-state index contributed by atoms with van der Waals surface area (Å²) in [7, 11) is -1.34. The van der Waals surface area contributed by atoms with Gasteiger partial charge in [0.2, 0.25) is 15.9 Å². The fourth-order valence-corrected chi connectivity index (χ4v) is 8.76. The number of amides is 2. The Morgan fingerprint density at radius 1 is 0.923 bits per heavy atom. The van der Waals surface area contributed by atoms with Crippen molar-refractivity contribution in [3.05, 3.63) is 88.6 Å². The number of aryl methyl sites for hydroxylation is 2. The van der Waals surface area contributed by atoms with Crippen LogP contribution < -0.4 is 19.9 Å². The molecule has 1 atom stereocenters. The van der Waals surface area contributed by atoms with Crippen LogP contribution in [0.2, 0.25) is 0 Å². The summed E-state index contributed by atoms with van der Waals surface area (Å²) >= 11 is 0. The van der Waals surface area contributed by atoms with Crippen LogP contribution in [0.25, 0.3) is 10.9 Å². The molecule has 0 bridgehead atoms. The smallest absolute Gasteiger partial charge is 0.253 e. The number of hydrogen-bond acceptors (Lipinski definition) is 10. The minimum absolute atomic E-state index is 0.0613. The number of nitrogens with zero attached hydrogens (tertiary/aromatic N) is 5. The fraction of sp³-hybridized carbons (Fsp3) is 0.351. The molecule has 6 rings (SSSR count).